The van der Waals surface area contributed by atoms with Gasteiger partial charge in [-0.1, -0.05) is 41.0 Å². The lowest BCUT2D eigenvalue weighted by atomic mass is 9.95. The third kappa shape index (κ3) is 8.89. The lowest BCUT2D eigenvalue weighted by molar-refractivity contribution is -0.162. The van der Waals surface area contributed by atoms with Gasteiger partial charge in [0.2, 0.25) is 23.6 Å². The van der Waals surface area contributed by atoms with E-state index in [1.807, 2.05) is 13.8 Å². The molecule has 0 bridgehead atoms. The van der Waals surface area contributed by atoms with Crippen molar-refractivity contribution in [2.24, 2.45) is 17.8 Å². The number of aliphatic hydroxyl groups excluding tert-OH is 1. The van der Waals surface area contributed by atoms with E-state index >= 15 is 0 Å². The van der Waals surface area contributed by atoms with Crippen LogP contribution >= 0.6 is 0 Å². The summed E-state index contributed by atoms with van der Waals surface area (Å²) >= 11 is 0. The summed E-state index contributed by atoms with van der Waals surface area (Å²) in [5.41, 5.74) is 0. The molecule has 42 heavy (non-hydrogen) atoms. The van der Waals surface area contributed by atoms with Gasteiger partial charge in [0.25, 0.3) is 5.91 Å². The molecule has 0 aliphatic carbocycles. The average Bonchev–Trinajstić information content (AvgIpc) is 3.45. The summed E-state index contributed by atoms with van der Waals surface area (Å²) in [5, 5.41) is 17.8. The Labute approximate surface area is 248 Å². The van der Waals surface area contributed by atoms with Crippen molar-refractivity contribution >= 4 is 35.5 Å². The number of likely N-dealkylation sites (N-methyl/N-ethyl adjacent to an activating group) is 1. The van der Waals surface area contributed by atoms with E-state index in [1.165, 1.54) is 23.8 Å². The standard InChI is InChI=1S/C29H49N5O8/c1-8-18(5)24-27(39)31-23(16(2)3)29(41)33(7)19(6)25(37)30-12-11-22(36)42-21(14-17(4)15-35)28(40)34-13-9-10-20(34)26(38)32-24/h16-21,23-24,35H,8-15H2,1-7H3,(H,30,37)(H,31,39)(H,32,38)/t17?,18-,19-,20-,21+,23?,24-/m0/s1. The van der Waals surface area contributed by atoms with Crippen molar-refractivity contribution in [3.05, 3.63) is 0 Å². The number of esters is 1. The van der Waals surface area contributed by atoms with Gasteiger partial charge in [0.15, 0.2) is 6.10 Å². The van der Waals surface area contributed by atoms with E-state index in [0.29, 0.717) is 19.3 Å². The van der Waals surface area contributed by atoms with Gasteiger partial charge in [-0.25, -0.2) is 0 Å². The number of fused-ring (bicyclic) bond motifs is 1. The number of hydrogen-bond acceptors (Lipinski definition) is 8. The van der Waals surface area contributed by atoms with Crippen LogP contribution in [0.4, 0.5) is 0 Å². The second-order valence-electron chi connectivity index (χ2n) is 12.0. The Hall–Kier alpha value is -3.22. The fourth-order valence-electron chi connectivity index (χ4n) is 5.07. The molecule has 0 radical (unpaired) electrons. The highest BCUT2D eigenvalue weighted by molar-refractivity contribution is 5.96. The third-order valence-electron chi connectivity index (χ3n) is 8.28. The molecule has 2 fully saturated rings. The Bertz CT molecular complexity index is 1000. The van der Waals surface area contributed by atoms with E-state index in [-0.39, 0.29) is 50.3 Å². The maximum absolute atomic E-state index is 13.6. The highest BCUT2D eigenvalue weighted by Crippen LogP contribution is 2.23. The summed E-state index contributed by atoms with van der Waals surface area (Å²) in [6.45, 7) is 10.4. The molecule has 0 aromatic heterocycles. The molecule has 238 valence electrons. The SMILES string of the molecule is CC[C@H](C)[C@@H]1NC(=O)[C@@H]2CCCN2C(=O)[C@@H](CC(C)CO)OC(=O)CCNC(=O)[C@H](C)N(C)C(=O)C(C(C)C)NC1=O. The summed E-state index contributed by atoms with van der Waals surface area (Å²) < 4.78 is 5.53. The van der Waals surface area contributed by atoms with Gasteiger partial charge >= 0.3 is 5.97 Å². The fraction of sp³-hybridized carbons (Fsp3) is 0.793. The molecule has 7 atom stereocenters. The number of amides is 5. The van der Waals surface area contributed by atoms with Crippen molar-refractivity contribution in [1.82, 2.24) is 25.8 Å². The number of nitrogens with one attached hydrogen (secondary N) is 3. The van der Waals surface area contributed by atoms with Gasteiger partial charge in [-0.15, -0.1) is 0 Å². The molecule has 5 amide bonds. The van der Waals surface area contributed by atoms with Crippen molar-refractivity contribution < 1.29 is 38.6 Å². The number of aliphatic hydroxyl groups is 1. The first-order valence-corrected chi connectivity index (χ1v) is 15.0. The summed E-state index contributed by atoms with van der Waals surface area (Å²) in [5.74, 6) is -4.26. The van der Waals surface area contributed by atoms with Gasteiger partial charge < -0.3 is 35.6 Å². The van der Waals surface area contributed by atoms with Gasteiger partial charge in [0.1, 0.15) is 24.2 Å². The van der Waals surface area contributed by atoms with Crippen LogP contribution in [-0.2, 0) is 33.5 Å². The first kappa shape index (κ1) is 35.0. The maximum atomic E-state index is 13.6. The van der Waals surface area contributed by atoms with Crippen molar-refractivity contribution in [1.29, 1.82) is 0 Å². The third-order valence-corrected chi connectivity index (χ3v) is 8.28. The molecule has 2 aliphatic rings. The van der Waals surface area contributed by atoms with Crippen LogP contribution in [0.25, 0.3) is 0 Å². The van der Waals surface area contributed by atoms with Crippen LogP contribution < -0.4 is 16.0 Å². The predicted molar refractivity (Wildman–Crippen MR) is 153 cm³/mol. The highest BCUT2D eigenvalue weighted by Gasteiger charge is 2.41. The Morgan fingerprint density at radius 2 is 1.60 bits per heavy atom. The van der Waals surface area contributed by atoms with E-state index in [1.54, 1.807) is 20.8 Å². The van der Waals surface area contributed by atoms with Crippen molar-refractivity contribution in [3.8, 4) is 0 Å². The number of ether oxygens (including phenoxy) is 1. The topological polar surface area (TPSA) is 174 Å². The first-order valence-electron chi connectivity index (χ1n) is 15.0. The smallest absolute Gasteiger partial charge is 0.308 e. The molecule has 2 heterocycles. The summed E-state index contributed by atoms with van der Waals surface area (Å²) in [7, 11) is 1.46. The summed E-state index contributed by atoms with van der Waals surface area (Å²) in [6, 6.07) is -3.73. The second kappa shape index (κ2) is 15.9. The quantitative estimate of drug-likeness (QED) is 0.309. The zero-order valence-corrected chi connectivity index (χ0v) is 26.0. The van der Waals surface area contributed by atoms with Crippen LogP contribution in [-0.4, -0.2) is 107 Å². The van der Waals surface area contributed by atoms with E-state index in [0.717, 1.165) is 0 Å². The van der Waals surface area contributed by atoms with Gasteiger partial charge in [0.05, 0.1) is 6.42 Å². The molecular formula is C29H49N5O8. The molecule has 0 saturated carbocycles. The molecule has 0 aromatic rings. The second-order valence-corrected chi connectivity index (χ2v) is 12.0. The minimum Gasteiger partial charge on any atom is -0.452 e. The molecule has 2 aliphatic heterocycles. The van der Waals surface area contributed by atoms with Crippen LogP contribution in [0, 0.1) is 17.8 Å². The molecule has 13 heteroatoms. The Balaban J connectivity index is 2.48. The molecule has 2 rings (SSSR count). The number of cyclic esters (lactones) is 1. The number of nitrogens with zero attached hydrogens (tertiary/aromatic N) is 2. The van der Waals surface area contributed by atoms with E-state index in [2.05, 4.69) is 16.0 Å². The molecule has 0 spiro atoms. The van der Waals surface area contributed by atoms with Gasteiger partial charge in [-0.2, -0.15) is 0 Å². The van der Waals surface area contributed by atoms with Crippen molar-refractivity contribution in [3.63, 3.8) is 0 Å². The number of rotatable bonds is 6. The Morgan fingerprint density at radius 1 is 0.952 bits per heavy atom. The largest absolute Gasteiger partial charge is 0.452 e. The van der Waals surface area contributed by atoms with Gasteiger partial charge in [-0.05, 0) is 43.9 Å². The Kier molecular flexibility index (Phi) is 13.2. The van der Waals surface area contributed by atoms with Crippen molar-refractivity contribution in [2.45, 2.75) is 104 Å². The summed E-state index contributed by atoms with van der Waals surface area (Å²) in [4.78, 5) is 82.3. The van der Waals surface area contributed by atoms with Gasteiger partial charge in [-0.3, -0.25) is 28.8 Å². The minimum absolute atomic E-state index is 0.0523. The normalized spacial score (nSPS) is 29.0. The maximum Gasteiger partial charge on any atom is 0.308 e. The minimum atomic E-state index is -1.23. The number of hydrogen-bond donors (Lipinski definition) is 4. The molecule has 4 N–H and O–H groups in total. The van der Waals surface area contributed by atoms with Crippen LogP contribution in [0.15, 0.2) is 0 Å². The van der Waals surface area contributed by atoms with E-state index in [9.17, 15) is 33.9 Å². The average molecular weight is 596 g/mol. The molecule has 2 unspecified atom stereocenters. The van der Waals surface area contributed by atoms with Crippen LogP contribution in [0.3, 0.4) is 0 Å². The lowest BCUT2D eigenvalue weighted by Crippen LogP contribution is -2.60. The molecule has 13 nitrogen and oxygen atoms in total. The lowest BCUT2D eigenvalue weighted by Gasteiger charge is -2.33. The first-order chi connectivity index (χ1) is 19.7. The number of carbonyl (C=O) groups excluding carboxylic acids is 6. The predicted octanol–water partition coefficient (Wildman–Crippen LogP) is -0.0538. The van der Waals surface area contributed by atoms with Crippen LogP contribution in [0.5, 0.6) is 0 Å². The van der Waals surface area contributed by atoms with Crippen molar-refractivity contribution in [2.75, 3.05) is 26.7 Å². The van der Waals surface area contributed by atoms with Crippen LogP contribution in [0.2, 0.25) is 0 Å². The number of carbonyl (C=O) groups is 6. The molecular weight excluding hydrogens is 546 g/mol. The van der Waals surface area contributed by atoms with Gasteiger partial charge in [0, 0.05) is 26.7 Å². The highest BCUT2D eigenvalue weighted by atomic mass is 16.5. The Morgan fingerprint density at radius 3 is 2.19 bits per heavy atom. The fourth-order valence-corrected chi connectivity index (χ4v) is 5.07. The zero-order valence-electron chi connectivity index (χ0n) is 26.0. The zero-order chi connectivity index (χ0) is 31.7. The van der Waals surface area contributed by atoms with Crippen LogP contribution in [0.1, 0.15) is 73.6 Å². The van der Waals surface area contributed by atoms with E-state index < -0.39 is 65.8 Å². The summed E-state index contributed by atoms with van der Waals surface area (Å²) in [6.07, 6.45) is 0.0645. The monoisotopic (exact) mass is 595 g/mol. The molecule has 0 aromatic carbocycles. The van der Waals surface area contributed by atoms with E-state index in [4.69, 9.17) is 4.74 Å². The molecule has 2 saturated heterocycles.